The fraction of sp³-hybridized carbons (Fsp3) is 0.200. The van der Waals surface area contributed by atoms with Crippen LogP contribution in [-0.4, -0.2) is 37.9 Å². The number of fused-ring (bicyclic) bond motifs is 1. The number of nitrogens with zero attached hydrogens (tertiary/aromatic N) is 2. The van der Waals surface area contributed by atoms with E-state index in [0.29, 0.717) is 36.2 Å². The third kappa shape index (κ3) is 4.57. The predicted octanol–water partition coefficient (Wildman–Crippen LogP) is 3.34. The Labute approximate surface area is 169 Å². The maximum absolute atomic E-state index is 11.6. The van der Waals surface area contributed by atoms with E-state index in [4.69, 9.17) is 9.47 Å². The van der Waals surface area contributed by atoms with Crippen molar-refractivity contribution in [1.82, 2.24) is 9.97 Å². The Kier molecular flexibility index (Phi) is 4.98. The summed E-state index contributed by atoms with van der Waals surface area (Å²) in [6.07, 6.45) is 2.59. The molecule has 0 fully saturated rings. The standard InChI is InChI=1S/C20H20N4O4S/c1-13-3-5-15(10-16(13)24-29(2,25)26)23-20-11-17(21-12-22-20)14-4-6-18-19(9-14)28-8-7-27-18/h3-6,9-12,24H,7-8H2,1-2H3,(H,21,22,23). The van der Waals surface area contributed by atoms with Gasteiger partial charge in [-0.25, -0.2) is 18.4 Å². The van der Waals surface area contributed by atoms with E-state index in [1.165, 1.54) is 6.33 Å². The lowest BCUT2D eigenvalue weighted by molar-refractivity contribution is 0.171. The molecule has 1 aromatic heterocycles. The molecule has 4 rings (SSSR count). The van der Waals surface area contributed by atoms with Gasteiger partial charge in [-0.3, -0.25) is 4.72 Å². The van der Waals surface area contributed by atoms with Gasteiger partial charge in [0.1, 0.15) is 25.4 Å². The number of anilines is 3. The summed E-state index contributed by atoms with van der Waals surface area (Å²) in [5.41, 5.74) is 3.64. The molecule has 0 unspecified atom stereocenters. The van der Waals surface area contributed by atoms with Gasteiger partial charge in [0, 0.05) is 17.3 Å². The fourth-order valence-electron chi connectivity index (χ4n) is 2.94. The van der Waals surface area contributed by atoms with E-state index in [1.54, 1.807) is 6.07 Å². The second-order valence-corrected chi connectivity index (χ2v) is 8.42. The van der Waals surface area contributed by atoms with E-state index in [0.717, 1.165) is 28.8 Å². The number of ether oxygens (including phenoxy) is 2. The first-order valence-corrected chi connectivity index (χ1v) is 10.8. The molecule has 0 saturated heterocycles. The summed E-state index contributed by atoms with van der Waals surface area (Å²) in [7, 11) is -3.37. The molecular formula is C20H20N4O4S. The molecule has 0 radical (unpaired) electrons. The maximum atomic E-state index is 11.6. The van der Waals surface area contributed by atoms with Crippen molar-refractivity contribution in [2.75, 3.05) is 29.5 Å². The van der Waals surface area contributed by atoms with Crippen LogP contribution < -0.4 is 19.5 Å². The number of rotatable bonds is 5. The number of nitrogens with one attached hydrogen (secondary N) is 2. The van der Waals surface area contributed by atoms with Crippen molar-refractivity contribution in [3.05, 3.63) is 54.4 Å². The third-order valence-corrected chi connectivity index (χ3v) is 4.90. The molecule has 150 valence electrons. The summed E-state index contributed by atoms with van der Waals surface area (Å²) in [6, 6.07) is 12.9. The highest BCUT2D eigenvalue weighted by Gasteiger charge is 2.13. The zero-order chi connectivity index (χ0) is 20.4. The first kappa shape index (κ1) is 19.0. The second kappa shape index (κ2) is 7.59. The largest absolute Gasteiger partial charge is 0.486 e. The van der Waals surface area contributed by atoms with Gasteiger partial charge in [0.15, 0.2) is 11.5 Å². The summed E-state index contributed by atoms with van der Waals surface area (Å²) in [4.78, 5) is 8.60. The third-order valence-electron chi connectivity index (χ3n) is 4.31. The number of benzene rings is 2. The van der Waals surface area contributed by atoms with Gasteiger partial charge in [-0.15, -0.1) is 0 Å². The molecule has 1 aliphatic rings. The highest BCUT2D eigenvalue weighted by Crippen LogP contribution is 2.34. The number of sulfonamides is 1. The van der Waals surface area contributed by atoms with Gasteiger partial charge in [0.25, 0.3) is 0 Å². The first-order valence-electron chi connectivity index (χ1n) is 8.95. The van der Waals surface area contributed by atoms with Crippen LogP contribution in [0.5, 0.6) is 11.5 Å². The van der Waals surface area contributed by atoms with Crippen LogP contribution in [0.2, 0.25) is 0 Å². The lowest BCUT2D eigenvalue weighted by Gasteiger charge is -2.18. The molecule has 1 aliphatic heterocycles. The molecule has 8 nitrogen and oxygen atoms in total. The molecule has 3 aromatic rings. The molecule has 0 atom stereocenters. The quantitative estimate of drug-likeness (QED) is 0.662. The lowest BCUT2D eigenvalue weighted by atomic mass is 10.1. The maximum Gasteiger partial charge on any atom is 0.229 e. The Balaban J connectivity index is 1.59. The number of aryl methyl sites for hydroxylation is 1. The fourth-order valence-corrected chi connectivity index (χ4v) is 3.56. The Hall–Kier alpha value is -3.33. The molecule has 2 aromatic carbocycles. The van der Waals surface area contributed by atoms with E-state index < -0.39 is 10.0 Å². The Morgan fingerprint density at radius 1 is 0.966 bits per heavy atom. The summed E-state index contributed by atoms with van der Waals surface area (Å²) in [5, 5.41) is 3.19. The van der Waals surface area contributed by atoms with Crippen molar-refractivity contribution in [1.29, 1.82) is 0 Å². The number of aromatic nitrogens is 2. The summed E-state index contributed by atoms with van der Waals surface area (Å²) in [5.74, 6) is 1.99. The molecular weight excluding hydrogens is 392 g/mol. The van der Waals surface area contributed by atoms with Crippen LogP contribution in [0.4, 0.5) is 17.2 Å². The molecule has 2 heterocycles. The van der Waals surface area contributed by atoms with Crippen molar-refractivity contribution in [2.45, 2.75) is 6.92 Å². The summed E-state index contributed by atoms with van der Waals surface area (Å²) in [6.45, 7) is 2.90. The van der Waals surface area contributed by atoms with Crippen LogP contribution in [-0.2, 0) is 10.0 Å². The second-order valence-electron chi connectivity index (χ2n) is 6.68. The molecule has 29 heavy (non-hydrogen) atoms. The first-order chi connectivity index (χ1) is 13.9. The van der Waals surface area contributed by atoms with Gasteiger partial charge in [0.2, 0.25) is 10.0 Å². The van der Waals surface area contributed by atoms with Gasteiger partial charge in [0.05, 0.1) is 17.6 Å². The van der Waals surface area contributed by atoms with E-state index in [9.17, 15) is 8.42 Å². The molecule has 9 heteroatoms. The van der Waals surface area contributed by atoms with Crippen molar-refractivity contribution in [2.24, 2.45) is 0 Å². The van der Waals surface area contributed by atoms with Crippen molar-refractivity contribution in [3.8, 4) is 22.8 Å². The van der Waals surface area contributed by atoms with Gasteiger partial charge in [-0.2, -0.15) is 0 Å². The Bertz CT molecular complexity index is 1160. The van der Waals surface area contributed by atoms with Gasteiger partial charge < -0.3 is 14.8 Å². The highest BCUT2D eigenvalue weighted by molar-refractivity contribution is 7.92. The van der Waals surface area contributed by atoms with Gasteiger partial charge in [-0.05, 0) is 42.8 Å². The van der Waals surface area contributed by atoms with Gasteiger partial charge in [-0.1, -0.05) is 6.07 Å². The molecule has 0 saturated carbocycles. The minimum Gasteiger partial charge on any atom is -0.486 e. The van der Waals surface area contributed by atoms with Crippen molar-refractivity contribution in [3.63, 3.8) is 0 Å². The minimum absolute atomic E-state index is 0.513. The monoisotopic (exact) mass is 412 g/mol. The molecule has 0 aliphatic carbocycles. The topological polar surface area (TPSA) is 102 Å². The highest BCUT2D eigenvalue weighted by atomic mass is 32.2. The predicted molar refractivity (Wildman–Crippen MR) is 111 cm³/mol. The molecule has 2 N–H and O–H groups in total. The van der Waals surface area contributed by atoms with E-state index >= 15 is 0 Å². The van der Waals surface area contributed by atoms with Crippen molar-refractivity contribution < 1.29 is 17.9 Å². The normalized spacial score (nSPS) is 13.0. The Morgan fingerprint density at radius 3 is 2.55 bits per heavy atom. The summed E-state index contributed by atoms with van der Waals surface area (Å²) >= 11 is 0. The van der Waals surface area contributed by atoms with Crippen LogP contribution in [0.1, 0.15) is 5.56 Å². The zero-order valence-electron chi connectivity index (χ0n) is 16.0. The van der Waals surface area contributed by atoms with Crippen LogP contribution in [0.15, 0.2) is 48.8 Å². The van der Waals surface area contributed by atoms with Crippen LogP contribution in [0.3, 0.4) is 0 Å². The number of hydrogen-bond donors (Lipinski definition) is 2. The lowest BCUT2D eigenvalue weighted by Crippen LogP contribution is -2.15. The van der Waals surface area contributed by atoms with E-state index in [2.05, 4.69) is 20.0 Å². The average Bonchev–Trinajstić information content (AvgIpc) is 2.69. The Morgan fingerprint density at radius 2 is 1.76 bits per heavy atom. The van der Waals surface area contributed by atoms with Crippen LogP contribution in [0, 0.1) is 6.92 Å². The van der Waals surface area contributed by atoms with Crippen LogP contribution >= 0.6 is 0 Å². The van der Waals surface area contributed by atoms with E-state index in [-0.39, 0.29) is 0 Å². The zero-order valence-corrected chi connectivity index (χ0v) is 16.8. The van der Waals surface area contributed by atoms with E-state index in [1.807, 2.05) is 43.3 Å². The SMILES string of the molecule is Cc1ccc(Nc2cc(-c3ccc4c(c3)OCCO4)ncn2)cc1NS(C)(=O)=O. The van der Waals surface area contributed by atoms with Gasteiger partial charge >= 0.3 is 0 Å². The molecule has 0 bridgehead atoms. The smallest absolute Gasteiger partial charge is 0.229 e. The summed E-state index contributed by atoms with van der Waals surface area (Å²) < 4.78 is 36.8. The number of hydrogen-bond acceptors (Lipinski definition) is 7. The minimum atomic E-state index is -3.37. The molecule has 0 amide bonds. The van der Waals surface area contributed by atoms with Crippen LogP contribution in [0.25, 0.3) is 11.3 Å². The molecule has 0 spiro atoms. The average molecular weight is 412 g/mol. The van der Waals surface area contributed by atoms with Crippen molar-refractivity contribution >= 4 is 27.2 Å².